The molecule has 50 valence electrons. The van der Waals surface area contributed by atoms with Gasteiger partial charge in [-0.15, -0.1) is 11.3 Å². The first-order valence-electron chi connectivity index (χ1n) is 2.23. The topological polar surface area (TPSA) is 0 Å². The van der Waals surface area contributed by atoms with Gasteiger partial charge in [0.1, 0.15) is 0 Å². The van der Waals surface area contributed by atoms with Gasteiger partial charge in [0.2, 0.25) is 0 Å². The molecule has 0 bridgehead atoms. The molecule has 1 aromatic heterocycles. The van der Waals surface area contributed by atoms with Crippen molar-refractivity contribution in [3.05, 3.63) is 17.6 Å². The molecule has 9 heavy (non-hydrogen) atoms. The van der Waals surface area contributed by atoms with Crippen molar-refractivity contribution in [1.29, 1.82) is 0 Å². The largest absolute Gasteiger partial charge is 0.131 e. The van der Waals surface area contributed by atoms with Gasteiger partial charge in [-0.25, -0.2) is 0 Å². The number of rotatable bonds is 0. The number of hydrogen-bond acceptors (Lipinski definition) is 1. The SMILES string of the molecule is Cc1sc(Br)c(Br)c1Br. The number of thiophene rings is 1. The lowest BCUT2D eigenvalue weighted by molar-refractivity contribution is 1.56. The standard InChI is InChI=1S/C5H3Br3S/c1-2-3(6)4(7)5(8)9-2/h1H3. The summed E-state index contributed by atoms with van der Waals surface area (Å²) in [5, 5.41) is 0. The van der Waals surface area contributed by atoms with E-state index in [9.17, 15) is 0 Å². The van der Waals surface area contributed by atoms with Gasteiger partial charge in [-0.1, -0.05) is 0 Å². The maximum absolute atomic E-state index is 3.43. The van der Waals surface area contributed by atoms with Gasteiger partial charge in [-0.3, -0.25) is 0 Å². The average molecular weight is 335 g/mol. The molecule has 0 radical (unpaired) electrons. The normalized spacial score (nSPS) is 10.2. The van der Waals surface area contributed by atoms with Gasteiger partial charge in [0, 0.05) is 9.35 Å². The van der Waals surface area contributed by atoms with Crippen molar-refractivity contribution in [2.45, 2.75) is 6.92 Å². The fraction of sp³-hybridized carbons (Fsp3) is 0.200. The summed E-state index contributed by atoms with van der Waals surface area (Å²) in [4.78, 5) is 1.29. The summed E-state index contributed by atoms with van der Waals surface area (Å²) in [5.74, 6) is 0. The second-order valence-electron chi connectivity index (χ2n) is 1.56. The molecule has 0 fully saturated rings. The maximum Gasteiger partial charge on any atom is 0.0854 e. The smallest absolute Gasteiger partial charge is 0.0854 e. The van der Waals surface area contributed by atoms with Gasteiger partial charge in [-0.05, 0) is 54.7 Å². The van der Waals surface area contributed by atoms with E-state index in [1.165, 1.54) is 4.88 Å². The third kappa shape index (κ3) is 1.59. The minimum absolute atomic E-state index is 1.12. The maximum atomic E-state index is 3.43. The Morgan fingerprint density at radius 3 is 1.78 bits per heavy atom. The van der Waals surface area contributed by atoms with E-state index in [0.29, 0.717) is 0 Å². The van der Waals surface area contributed by atoms with Crippen LogP contribution >= 0.6 is 59.1 Å². The van der Waals surface area contributed by atoms with Crippen LogP contribution in [-0.2, 0) is 0 Å². The summed E-state index contributed by atoms with van der Waals surface area (Å²) in [6.45, 7) is 2.07. The van der Waals surface area contributed by atoms with E-state index in [1.807, 2.05) is 0 Å². The Bertz CT molecular complexity index is 206. The van der Waals surface area contributed by atoms with Crippen LogP contribution in [0.4, 0.5) is 0 Å². The van der Waals surface area contributed by atoms with E-state index in [4.69, 9.17) is 0 Å². The fourth-order valence-corrected chi connectivity index (χ4v) is 3.55. The van der Waals surface area contributed by atoms with Crippen LogP contribution in [0.3, 0.4) is 0 Å². The first-order valence-corrected chi connectivity index (χ1v) is 5.42. The lowest BCUT2D eigenvalue weighted by atomic mass is 10.5. The first-order chi connectivity index (χ1) is 4.13. The molecular weight excluding hydrogens is 332 g/mol. The molecule has 0 atom stereocenters. The predicted molar refractivity (Wildman–Crippen MR) is 52.2 cm³/mol. The average Bonchev–Trinajstić information content (AvgIpc) is 1.98. The number of aryl methyl sites for hydroxylation is 1. The Kier molecular flexibility index (Phi) is 2.77. The number of hydrogen-bond donors (Lipinski definition) is 0. The molecule has 0 spiro atoms. The van der Waals surface area contributed by atoms with Crippen molar-refractivity contribution in [3.63, 3.8) is 0 Å². The molecule has 1 rings (SSSR count). The van der Waals surface area contributed by atoms with Gasteiger partial charge in [0.05, 0.1) is 8.26 Å². The Labute approximate surface area is 83.0 Å². The van der Waals surface area contributed by atoms with Crippen LogP contribution in [0.15, 0.2) is 12.7 Å². The lowest BCUT2D eigenvalue weighted by Crippen LogP contribution is -1.58. The third-order valence-electron chi connectivity index (χ3n) is 0.917. The molecule has 0 amide bonds. The molecule has 0 saturated carbocycles. The van der Waals surface area contributed by atoms with E-state index in [1.54, 1.807) is 11.3 Å². The molecule has 0 aromatic carbocycles. The van der Waals surface area contributed by atoms with Crippen LogP contribution < -0.4 is 0 Å². The molecule has 1 heterocycles. The van der Waals surface area contributed by atoms with Crippen molar-refractivity contribution in [2.75, 3.05) is 0 Å². The van der Waals surface area contributed by atoms with Gasteiger partial charge in [-0.2, -0.15) is 0 Å². The fourth-order valence-electron chi connectivity index (χ4n) is 0.465. The number of halogens is 3. The lowest BCUT2D eigenvalue weighted by Gasteiger charge is -1.83. The molecule has 1 aromatic rings. The quantitative estimate of drug-likeness (QED) is 0.662. The van der Waals surface area contributed by atoms with Gasteiger partial charge < -0.3 is 0 Å². The second-order valence-corrected chi connectivity index (χ2v) is 5.69. The van der Waals surface area contributed by atoms with E-state index >= 15 is 0 Å². The summed E-state index contributed by atoms with van der Waals surface area (Å²) in [6.07, 6.45) is 0. The molecule has 0 aliphatic carbocycles. The summed E-state index contributed by atoms with van der Waals surface area (Å²) in [5.41, 5.74) is 0. The van der Waals surface area contributed by atoms with Crippen molar-refractivity contribution < 1.29 is 0 Å². The van der Waals surface area contributed by atoms with Gasteiger partial charge in [0.15, 0.2) is 0 Å². The zero-order valence-electron chi connectivity index (χ0n) is 4.54. The second kappa shape index (κ2) is 3.03. The van der Waals surface area contributed by atoms with E-state index < -0.39 is 0 Å². The van der Waals surface area contributed by atoms with Crippen LogP contribution in [0.25, 0.3) is 0 Å². The third-order valence-corrected chi connectivity index (χ3v) is 6.07. The Morgan fingerprint density at radius 1 is 1.11 bits per heavy atom. The van der Waals surface area contributed by atoms with Crippen LogP contribution in [0.2, 0.25) is 0 Å². The Balaban J connectivity index is 3.29. The summed E-state index contributed by atoms with van der Waals surface area (Å²) in [7, 11) is 0. The predicted octanol–water partition coefficient (Wildman–Crippen LogP) is 4.34. The highest BCUT2D eigenvalue weighted by Gasteiger charge is 2.07. The molecule has 0 aliphatic heterocycles. The minimum Gasteiger partial charge on any atom is -0.131 e. The van der Waals surface area contributed by atoms with Gasteiger partial charge >= 0.3 is 0 Å². The minimum atomic E-state index is 1.12. The van der Waals surface area contributed by atoms with Crippen LogP contribution in [-0.4, -0.2) is 0 Å². The summed E-state index contributed by atoms with van der Waals surface area (Å²) >= 11 is 12.0. The highest BCUT2D eigenvalue weighted by atomic mass is 79.9. The molecule has 0 aliphatic rings. The first kappa shape index (κ1) is 8.24. The van der Waals surface area contributed by atoms with Crippen molar-refractivity contribution in [3.8, 4) is 0 Å². The van der Waals surface area contributed by atoms with Crippen LogP contribution in [0.1, 0.15) is 4.88 Å². The molecule has 0 saturated heterocycles. The van der Waals surface area contributed by atoms with E-state index in [0.717, 1.165) is 12.7 Å². The monoisotopic (exact) mass is 332 g/mol. The van der Waals surface area contributed by atoms with Gasteiger partial charge in [0.25, 0.3) is 0 Å². The summed E-state index contributed by atoms with van der Waals surface area (Å²) in [6, 6.07) is 0. The van der Waals surface area contributed by atoms with Crippen molar-refractivity contribution in [2.24, 2.45) is 0 Å². The molecule has 0 nitrogen and oxygen atoms in total. The molecular formula is C5H3Br3S. The summed E-state index contributed by atoms with van der Waals surface area (Å²) < 4.78 is 3.41. The van der Waals surface area contributed by atoms with Crippen LogP contribution in [0, 0.1) is 6.92 Å². The van der Waals surface area contributed by atoms with Crippen LogP contribution in [0.5, 0.6) is 0 Å². The molecule has 0 unspecified atom stereocenters. The molecule has 4 heteroatoms. The van der Waals surface area contributed by atoms with Crippen molar-refractivity contribution >= 4 is 59.1 Å². The molecule has 0 N–H and O–H groups in total. The van der Waals surface area contributed by atoms with Crippen molar-refractivity contribution in [1.82, 2.24) is 0 Å². The highest BCUT2D eigenvalue weighted by molar-refractivity contribution is 9.14. The Hall–Kier alpha value is 1.14. The van der Waals surface area contributed by atoms with E-state index in [2.05, 4.69) is 54.7 Å². The van der Waals surface area contributed by atoms with E-state index in [-0.39, 0.29) is 0 Å². The Morgan fingerprint density at radius 2 is 1.67 bits per heavy atom. The highest BCUT2D eigenvalue weighted by Crippen LogP contribution is 2.40. The zero-order chi connectivity index (χ0) is 7.02. The zero-order valence-corrected chi connectivity index (χ0v) is 10.1.